The number of hydrogen-bond acceptors (Lipinski definition) is 5. The van der Waals surface area contributed by atoms with Crippen LogP contribution in [0.15, 0.2) is 35.6 Å². The van der Waals surface area contributed by atoms with Gasteiger partial charge in [-0.05, 0) is 18.2 Å². The van der Waals surface area contributed by atoms with Crippen LogP contribution in [0, 0.1) is 0 Å². The van der Waals surface area contributed by atoms with Gasteiger partial charge in [0.25, 0.3) is 0 Å². The Balaban J connectivity index is 2.48. The molecule has 0 atom stereocenters. The Labute approximate surface area is 130 Å². The largest absolute Gasteiger partial charge is 0.478 e. The minimum atomic E-state index is -3.89. The van der Waals surface area contributed by atoms with E-state index in [4.69, 9.17) is 28.3 Å². The number of carboxylic acids is 1. The van der Waals surface area contributed by atoms with Gasteiger partial charge < -0.3 is 5.11 Å². The number of aromatic carboxylic acids is 1. The van der Waals surface area contributed by atoms with Crippen molar-refractivity contribution in [3.8, 4) is 0 Å². The fourth-order valence-corrected chi connectivity index (χ4v) is 3.75. The molecule has 9 heteroatoms. The van der Waals surface area contributed by atoms with Crippen LogP contribution in [0.3, 0.4) is 0 Å². The van der Waals surface area contributed by atoms with Crippen LogP contribution in [-0.2, 0) is 15.6 Å². The molecule has 2 rings (SSSR count). The first kappa shape index (κ1) is 15.7. The van der Waals surface area contributed by atoms with Crippen molar-refractivity contribution < 1.29 is 18.3 Å². The highest BCUT2D eigenvalue weighted by Crippen LogP contribution is 2.27. The third kappa shape index (κ3) is 3.49. The van der Waals surface area contributed by atoms with Crippen LogP contribution in [0.4, 0.5) is 0 Å². The van der Waals surface area contributed by atoms with Gasteiger partial charge >= 0.3 is 5.97 Å². The van der Waals surface area contributed by atoms with E-state index in [1.165, 1.54) is 18.2 Å². The van der Waals surface area contributed by atoms with Crippen molar-refractivity contribution in [2.45, 2.75) is 10.6 Å². The molecule has 0 unspecified atom stereocenters. The van der Waals surface area contributed by atoms with Gasteiger partial charge in [-0.25, -0.2) is 23.2 Å². The number of aromatic nitrogens is 2. The van der Waals surface area contributed by atoms with E-state index >= 15 is 0 Å². The first-order valence-corrected chi connectivity index (χ1v) is 7.92. The first-order valence-electron chi connectivity index (χ1n) is 5.51. The summed E-state index contributed by atoms with van der Waals surface area (Å²) in [5.41, 5.74) is -0.396. The quantitative estimate of drug-likeness (QED) is 0.912. The second kappa shape index (κ2) is 5.97. The van der Waals surface area contributed by atoms with E-state index in [0.29, 0.717) is 0 Å². The molecule has 1 aromatic heterocycles. The van der Waals surface area contributed by atoms with Gasteiger partial charge in [-0.2, -0.15) is 0 Å². The van der Waals surface area contributed by atoms with Crippen molar-refractivity contribution in [2.75, 3.05) is 0 Å². The monoisotopic (exact) mass is 346 g/mol. The fraction of sp³-hybridized carbons (Fsp3) is 0.0833. The van der Waals surface area contributed by atoms with E-state index in [0.717, 1.165) is 12.5 Å². The van der Waals surface area contributed by atoms with E-state index in [-0.39, 0.29) is 26.2 Å². The zero-order valence-corrected chi connectivity index (χ0v) is 12.7. The molecule has 0 saturated heterocycles. The van der Waals surface area contributed by atoms with Crippen LogP contribution in [0.25, 0.3) is 0 Å². The molecule has 1 aromatic carbocycles. The summed E-state index contributed by atoms with van der Waals surface area (Å²) in [4.78, 5) is 18.2. The topological polar surface area (TPSA) is 97.2 Å². The van der Waals surface area contributed by atoms with Crippen molar-refractivity contribution in [3.05, 3.63) is 52.0 Å². The van der Waals surface area contributed by atoms with Crippen LogP contribution < -0.4 is 0 Å². The SMILES string of the molecule is O=C(O)c1cncnc1CS(=O)(=O)c1cc(Cl)ccc1Cl. The molecule has 0 fully saturated rings. The number of halogens is 2. The highest BCUT2D eigenvalue weighted by Gasteiger charge is 2.23. The predicted molar refractivity (Wildman–Crippen MR) is 76.3 cm³/mol. The average molecular weight is 347 g/mol. The lowest BCUT2D eigenvalue weighted by molar-refractivity contribution is 0.0695. The number of carboxylic acid groups (broad SMARTS) is 1. The average Bonchev–Trinajstić information content (AvgIpc) is 2.41. The maximum absolute atomic E-state index is 12.4. The van der Waals surface area contributed by atoms with Gasteiger partial charge in [0.2, 0.25) is 0 Å². The second-order valence-corrected chi connectivity index (χ2v) is 6.82. The smallest absolute Gasteiger partial charge is 0.339 e. The van der Waals surface area contributed by atoms with E-state index in [1.54, 1.807) is 0 Å². The molecule has 1 N–H and O–H groups in total. The van der Waals surface area contributed by atoms with E-state index in [1.807, 2.05) is 0 Å². The molecule has 0 bridgehead atoms. The number of carbonyl (C=O) groups is 1. The molecule has 21 heavy (non-hydrogen) atoms. The summed E-state index contributed by atoms with van der Waals surface area (Å²) < 4.78 is 24.7. The Bertz CT molecular complexity index is 809. The van der Waals surface area contributed by atoms with Crippen molar-refractivity contribution in [1.82, 2.24) is 9.97 Å². The maximum Gasteiger partial charge on any atom is 0.339 e. The zero-order chi connectivity index (χ0) is 15.6. The van der Waals surface area contributed by atoms with Gasteiger partial charge in [0, 0.05) is 11.2 Å². The Morgan fingerprint density at radius 1 is 1.29 bits per heavy atom. The second-order valence-electron chi connectivity index (χ2n) is 4.02. The summed E-state index contributed by atoms with van der Waals surface area (Å²) in [5.74, 6) is -1.92. The summed E-state index contributed by atoms with van der Waals surface area (Å²) in [6, 6.07) is 4.02. The van der Waals surface area contributed by atoms with Crippen LogP contribution in [-0.4, -0.2) is 29.5 Å². The van der Waals surface area contributed by atoms with Crippen molar-refractivity contribution >= 4 is 39.0 Å². The third-order valence-corrected chi connectivity index (χ3v) is 4.92. The Morgan fingerprint density at radius 2 is 2.00 bits per heavy atom. The molecular weight excluding hydrogens is 339 g/mol. The van der Waals surface area contributed by atoms with Gasteiger partial charge in [0.1, 0.15) is 11.9 Å². The van der Waals surface area contributed by atoms with Gasteiger partial charge in [-0.15, -0.1) is 0 Å². The molecule has 2 aromatic rings. The molecular formula is C12H8Cl2N2O4S. The zero-order valence-electron chi connectivity index (χ0n) is 10.3. The summed E-state index contributed by atoms with van der Waals surface area (Å²) in [5, 5.41) is 9.22. The van der Waals surface area contributed by atoms with Crippen molar-refractivity contribution in [1.29, 1.82) is 0 Å². The van der Waals surface area contributed by atoms with Gasteiger partial charge in [0.05, 0.1) is 21.4 Å². The van der Waals surface area contributed by atoms with E-state index < -0.39 is 21.6 Å². The molecule has 0 saturated carbocycles. The summed E-state index contributed by atoms with van der Waals surface area (Å²) in [6.45, 7) is 0. The predicted octanol–water partition coefficient (Wildman–Crippen LogP) is 2.46. The van der Waals surface area contributed by atoms with Crippen LogP contribution in [0.2, 0.25) is 10.0 Å². The van der Waals surface area contributed by atoms with Crippen molar-refractivity contribution in [2.24, 2.45) is 0 Å². The molecule has 1 heterocycles. The van der Waals surface area contributed by atoms with Gasteiger partial charge in [0.15, 0.2) is 9.84 Å². The summed E-state index contributed by atoms with van der Waals surface area (Å²) in [6.07, 6.45) is 2.12. The number of sulfone groups is 1. The lowest BCUT2D eigenvalue weighted by Crippen LogP contribution is -2.12. The molecule has 0 radical (unpaired) electrons. The Morgan fingerprint density at radius 3 is 2.67 bits per heavy atom. The highest BCUT2D eigenvalue weighted by atomic mass is 35.5. The number of benzene rings is 1. The Hall–Kier alpha value is -1.70. The molecule has 0 aliphatic rings. The number of rotatable bonds is 4. The fourth-order valence-electron chi connectivity index (χ4n) is 1.62. The summed E-state index contributed by atoms with van der Waals surface area (Å²) in [7, 11) is -3.89. The molecule has 0 aliphatic carbocycles. The van der Waals surface area contributed by atoms with E-state index in [2.05, 4.69) is 9.97 Å². The van der Waals surface area contributed by atoms with Crippen LogP contribution in [0.1, 0.15) is 16.1 Å². The van der Waals surface area contributed by atoms with Gasteiger partial charge in [-0.3, -0.25) is 0 Å². The lowest BCUT2D eigenvalue weighted by Gasteiger charge is -2.08. The third-order valence-electron chi connectivity index (χ3n) is 2.58. The molecule has 6 nitrogen and oxygen atoms in total. The minimum absolute atomic E-state index is 0.00494. The molecule has 0 amide bonds. The van der Waals surface area contributed by atoms with Gasteiger partial charge in [-0.1, -0.05) is 23.2 Å². The Kier molecular flexibility index (Phi) is 4.46. The first-order chi connectivity index (χ1) is 9.81. The van der Waals surface area contributed by atoms with Crippen molar-refractivity contribution in [3.63, 3.8) is 0 Å². The maximum atomic E-state index is 12.4. The summed E-state index contributed by atoms with van der Waals surface area (Å²) >= 11 is 11.6. The van der Waals surface area contributed by atoms with Crippen LogP contribution >= 0.6 is 23.2 Å². The molecule has 0 spiro atoms. The standard InChI is InChI=1S/C12H8Cl2N2O4S/c13-7-1-2-9(14)11(3-7)21(19,20)5-10-8(12(17)18)4-15-6-16-10/h1-4,6H,5H2,(H,17,18). The van der Waals surface area contributed by atoms with Crippen LogP contribution in [0.5, 0.6) is 0 Å². The number of hydrogen-bond donors (Lipinski definition) is 1. The highest BCUT2D eigenvalue weighted by molar-refractivity contribution is 7.90. The normalized spacial score (nSPS) is 11.3. The minimum Gasteiger partial charge on any atom is -0.478 e. The number of nitrogens with zero attached hydrogens (tertiary/aromatic N) is 2. The van der Waals surface area contributed by atoms with E-state index in [9.17, 15) is 13.2 Å². The lowest BCUT2D eigenvalue weighted by atomic mass is 10.2. The molecule has 110 valence electrons. The molecule has 0 aliphatic heterocycles.